The maximum Gasteiger partial charge on any atom is 0.152 e. The molecular weight excluding hydrogens is 200 g/mol. The average Bonchev–Trinajstić information content (AvgIpc) is 2.15. The molecule has 0 heterocycles. The Hall–Kier alpha value is -1.53. The average molecular weight is 209 g/mol. The van der Waals surface area contributed by atoms with E-state index in [-0.39, 0.29) is 5.78 Å². The van der Waals surface area contributed by atoms with Gasteiger partial charge in [0, 0.05) is 5.69 Å². The predicted octanol–water partition coefficient (Wildman–Crippen LogP) is 2.01. The zero-order valence-corrected chi connectivity index (χ0v) is 8.38. The highest BCUT2D eigenvalue weighted by molar-refractivity contribution is 6.30. The third-order valence-electron chi connectivity index (χ3n) is 1.76. The van der Waals surface area contributed by atoms with Gasteiger partial charge in [-0.2, -0.15) is 5.26 Å². The smallest absolute Gasteiger partial charge is 0.152 e. The Morgan fingerprint density at radius 3 is 2.71 bits per heavy atom. The summed E-state index contributed by atoms with van der Waals surface area (Å²) in [5.41, 5.74) is 6.96. The summed E-state index contributed by atoms with van der Waals surface area (Å²) in [6.07, 6.45) is 0. The fourth-order valence-corrected chi connectivity index (χ4v) is 1.25. The molecule has 0 aliphatic carbocycles. The third-order valence-corrected chi connectivity index (χ3v) is 2.32. The zero-order valence-electron chi connectivity index (χ0n) is 7.62. The van der Waals surface area contributed by atoms with Gasteiger partial charge in [-0.1, -0.05) is 0 Å². The number of anilines is 1. The topological polar surface area (TPSA) is 66.9 Å². The van der Waals surface area contributed by atoms with Crippen LogP contribution < -0.4 is 5.73 Å². The summed E-state index contributed by atoms with van der Waals surface area (Å²) in [5.74, 6) is -0.166. The molecule has 1 aromatic rings. The number of nitrogen functional groups attached to an aromatic ring is 1. The van der Waals surface area contributed by atoms with Crippen molar-refractivity contribution in [3.05, 3.63) is 29.3 Å². The van der Waals surface area contributed by atoms with Crippen molar-refractivity contribution in [2.45, 2.75) is 12.3 Å². The number of hydrogen-bond acceptors (Lipinski definition) is 3. The van der Waals surface area contributed by atoms with Crippen LogP contribution in [0.2, 0.25) is 0 Å². The number of nitriles is 1. The van der Waals surface area contributed by atoms with Gasteiger partial charge in [-0.3, -0.25) is 4.79 Å². The van der Waals surface area contributed by atoms with Crippen molar-refractivity contribution >= 4 is 23.1 Å². The van der Waals surface area contributed by atoms with Crippen molar-refractivity contribution in [2.24, 2.45) is 0 Å². The minimum absolute atomic E-state index is 0.166. The maximum atomic E-state index is 11.0. The number of hydrogen-bond donors (Lipinski definition) is 1. The standard InChI is InChI=1S/C10H9ClN2O/c1-6(14)10(11)8-2-7(5-12)3-9(13)4-8/h2-4,10H,13H2,1H3. The molecular formula is C10H9ClN2O. The van der Waals surface area contributed by atoms with Gasteiger partial charge in [0.15, 0.2) is 5.78 Å². The molecule has 0 radical (unpaired) electrons. The van der Waals surface area contributed by atoms with Gasteiger partial charge >= 0.3 is 0 Å². The van der Waals surface area contributed by atoms with Crippen LogP contribution >= 0.6 is 11.6 Å². The van der Waals surface area contributed by atoms with E-state index in [4.69, 9.17) is 22.6 Å². The summed E-state index contributed by atoms with van der Waals surface area (Å²) in [6.45, 7) is 1.40. The number of halogens is 1. The first-order valence-corrected chi connectivity index (χ1v) is 4.43. The Morgan fingerprint density at radius 2 is 2.21 bits per heavy atom. The SMILES string of the molecule is CC(=O)C(Cl)c1cc(N)cc(C#N)c1. The molecule has 0 aliphatic heterocycles. The van der Waals surface area contributed by atoms with Crippen LogP contribution in [0, 0.1) is 11.3 Å². The van der Waals surface area contributed by atoms with Gasteiger partial charge in [0.25, 0.3) is 0 Å². The Morgan fingerprint density at radius 1 is 1.57 bits per heavy atom. The van der Waals surface area contributed by atoms with E-state index in [1.54, 1.807) is 12.1 Å². The van der Waals surface area contributed by atoms with Gasteiger partial charge in [-0.05, 0) is 30.7 Å². The van der Waals surface area contributed by atoms with E-state index in [2.05, 4.69) is 0 Å². The molecule has 72 valence electrons. The number of rotatable bonds is 2. The summed E-state index contributed by atoms with van der Waals surface area (Å²) in [4.78, 5) is 11.0. The highest BCUT2D eigenvalue weighted by Gasteiger charge is 2.14. The second-order valence-electron chi connectivity index (χ2n) is 2.97. The minimum atomic E-state index is -0.731. The van der Waals surface area contributed by atoms with E-state index in [0.29, 0.717) is 16.8 Å². The van der Waals surface area contributed by atoms with Crippen molar-refractivity contribution in [3.8, 4) is 6.07 Å². The molecule has 1 atom stereocenters. The van der Waals surface area contributed by atoms with Gasteiger partial charge in [-0.25, -0.2) is 0 Å². The van der Waals surface area contributed by atoms with Gasteiger partial charge in [-0.15, -0.1) is 11.6 Å². The van der Waals surface area contributed by atoms with Crippen LogP contribution in [0.5, 0.6) is 0 Å². The van der Waals surface area contributed by atoms with Gasteiger partial charge in [0.1, 0.15) is 5.38 Å². The molecule has 1 rings (SSSR count). The number of nitrogens with two attached hydrogens (primary N) is 1. The number of alkyl halides is 1. The maximum absolute atomic E-state index is 11.0. The minimum Gasteiger partial charge on any atom is -0.399 e. The van der Waals surface area contributed by atoms with Crippen LogP contribution in [0.3, 0.4) is 0 Å². The monoisotopic (exact) mass is 208 g/mol. The second-order valence-corrected chi connectivity index (χ2v) is 3.41. The molecule has 1 aromatic carbocycles. The van der Waals surface area contributed by atoms with Crippen molar-refractivity contribution < 1.29 is 4.79 Å². The van der Waals surface area contributed by atoms with Crippen LogP contribution in [0.15, 0.2) is 18.2 Å². The lowest BCUT2D eigenvalue weighted by Crippen LogP contribution is -2.02. The molecule has 0 aliphatic rings. The van der Waals surface area contributed by atoms with Gasteiger partial charge in [0.2, 0.25) is 0 Å². The molecule has 0 bridgehead atoms. The number of ketones is 1. The van der Waals surface area contributed by atoms with Crippen molar-refractivity contribution in [1.82, 2.24) is 0 Å². The van der Waals surface area contributed by atoms with Gasteiger partial charge in [0.05, 0.1) is 11.6 Å². The number of nitrogens with zero attached hydrogens (tertiary/aromatic N) is 1. The van der Waals surface area contributed by atoms with Gasteiger partial charge < -0.3 is 5.73 Å². The molecule has 0 saturated heterocycles. The van der Waals surface area contributed by atoms with E-state index in [9.17, 15) is 4.79 Å². The molecule has 0 fully saturated rings. The Balaban J connectivity index is 3.17. The normalized spacial score (nSPS) is 11.8. The molecule has 0 spiro atoms. The first-order valence-electron chi connectivity index (χ1n) is 3.99. The van der Waals surface area contributed by atoms with Crippen LogP contribution in [0.1, 0.15) is 23.4 Å². The molecule has 2 N–H and O–H groups in total. The summed E-state index contributed by atoms with van der Waals surface area (Å²) < 4.78 is 0. The highest BCUT2D eigenvalue weighted by Crippen LogP contribution is 2.24. The molecule has 0 amide bonds. The number of Topliss-reactive ketones (excluding diaryl/α,β-unsaturated/α-hetero) is 1. The fourth-order valence-electron chi connectivity index (χ4n) is 1.12. The lowest BCUT2D eigenvalue weighted by atomic mass is 10.1. The predicted molar refractivity (Wildman–Crippen MR) is 54.8 cm³/mol. The fraction of sp³-hybridized carbons (Fsp3) is 0.200. The van der Waals surface area contributed by atoms with E-state index in [1.807, 2.05) is 6.07 Å². The quantitative estimate of drug-likeness (QED) is 0.597. The number of carbonyl (C=O) groups excluding carboxylic acids is 1. The first-order chi connectivity index (χ1) is 6.54. The van der Waals surface area contributed by atoms with Crippen LogP contribution in [0.25, 0.3) is 0 Å². The van der Waals surface area contributed by atoms with Crippen molar-refractivity contribution in [3.63, 3.8) is 0 Å². The molecule has 1 unspecified atom stereocenters. The molecule has 0 aromatic heterocycles. The van der Waals surface area contributed by atoms with E-state index in [0.717, 1.165) is 0 Å². The summed E-state index contributed by atoms with van der Waals surface area (Å²) >= 11 is 5.83. The molecule has 0 saturated carbocycles. The number of benzene rings is 1. The van der Waals surface area contributed by atoms with E-state index >= 15 is 0 Å². The third kappa shape index (κ3) is 2.24. The van der Waals surface area contributed by atoms with Crippen LogP contribution in [-0.2, 0) is 4.79 Å². The van der Waals surface area contributed by atoms with E-state index < -0.39 is 5.38 Å². The number of carbonyl (C=O) groups is 1. The van der Waals surface area contributed by atoms with Crippen molar-refractivity contribution in [1.29, 1.82) is 5.26 Å². The summed E-state index contributed by atoms with van der Waals surface area (Å²) in [7, 11) is 0. The first kappa shape index (κ1) is 10.6. The molecule has 4 heteroatoms. The lowest BCUT2D eigenvalue weighted by molar-refractivity contribution is -0.116. The lowest BCUT2D eigenvalue weighted by Gasteiger charge is -2.07. The highest BCUT2D eigenvalue weighted by atomic mass is 35.5. The molecule has 14 heavy (non-hydrogen) atoms. The van der Waals surface area contributed by atoms with Crippen LogP contribution in [0.4, 0.5) is 5.69 Å². The second kappa shape index (κ2) is 4.12. The largest absolute Gasteiger partial charge is 0.399 e. The summed E-state index contributed by atoms with van der Waals surface area (Å²) in [6, 6.07) is 6.65. The van der Waals surface area contributed by atoms with E-state index in [1.165, 1.54) is 13.0 Å². The van der Waals surface area contributed by atoms with Crippen LogP contribution in [-0.4, -0.2) is 5.78 Å². The van der Waals surface area contributed by atoms with Crippen molar-refractivity contribution in [2.75, 3.05) is 5.73 Å². The summed E-state index contributed by atoms with van der Waals surface area (Å²) in [5, 5.41) is 7.94. The Bertz CT molecular complexity index is 409. The molecule has 3 nitrogen and oxygen atoms in total. The Kier molecular flexibility index (Phi) is 3.10. The Labute approximate surface area is 87.1 Å². The zero-order chi connectivity index (χ0) is 10.7.